The summed E-state index contributed by atoms with van der Waals surface area (Å²) in [5.41, 5.74) is -0.234. The topological polar surface area (TPSA) is 44.1 Å². The zero-order valence-electron chi connectivity index (χ0n) is 10.5. The fraction of sp³-hybridized carbons (Fsp3) is 0.231. The maximum absolute atomic E-state index is 13.0. The number of carbonyl (C=O) groups is 1. The molecule has 0 saturated heterocycles. The molecule has 0 aliphatic heterocycles. The van der Waals surface area contributed by atoms with Crippen LogP contribution in [0.15, 0.2) is 34.9 Å². The maximum atomic E-state index is 13.0. The van der Waals surface area contributed by atoms with E-state index in [4.69, 9.17) is 4.74 Å². The SMILES string of the molecule is CCOC(=O)c1nn(-c2cccc(Br)c2)cc1C(F)F. The number of alkyl halides is 2. The van der Waals surface area contributed by atoms with Gasteiger partial charge < -0.3 is 4.74 Å². The maximum Gasteiger partial charge on any atom is 0.359 e. The lowest BCUT2D eigenvalue weighted by Gasteiger charge is -2.01. The van der Waals surface area contributed by atoms with Gasteiger partial charge in [-0.15, -0.1) is 0 Å². The number of rotatable bonds is 4. The van der Waals surface area contributed by atoms with Crippen molar-refractivity contribution in [3.05, 3.63) is 46.2 Å². The van der Waals surface area contributed by atoms with Crippen LogP contribution in [-0.4, -0.2) is 22.4 Å². The molecular weight excluding hydrogens is 334 g/mol. The van der Waals surface area contributed by atoms with Crippen LogP contribution < -0.4 is 0 Å². The highest BCUT2D eigenvalue weighted by molar-refractivity contribution is 9.10. The lowest BCUT2D eigenvalue weighted by molar-refractivity contribution is 0.0508. The summed E-state index contributed by atoms with van der Waals surface area (Å²) in [4.78, 5) is 11.6. The Labute approximate surface area is 122 Å². The molecule has 0 atom stereocenters. The molecule has 1 aromatic heterocycles. The van der Waals surface area contributed by atoms with Crippen molar-refractivity contribution in [1.29, 1.82) is 0 Å². The predicted molar refractivity (Wildman–Crippen MR) is 72.2 cm³/mol. The first kappa shape index (κ1) is 14.6. The van der Waals surface area contributed by atoms with Gasteiger partial charge in [0.25, 0.3) is 6.43 Å². The molecule has 0 saturated carbocycles. The molecule has 106 valence electrons. The third kappa shape index (κ3) is 3.04. The van der Waals surface area contributed by atoms with Crippen LogP contribution in [-0.2, 0) is 4.74 Å². The van der Waals surface area contributed by atoms with Gasteiger partial charge in [-0.1, -0.05) is 22.0 Å². The van der Waals surface area contributed by atoms with Crippen LogP contribution in [0.2, 0.25) is 0 Å². The summed E-state index contributed by atoms with van der Waals surface area (Å²) in [5.74, 6) is -0.850. The van der Waals surface area contributed by atoms with Crippen LogP contribution in [0.4, 0.5) is 8.78 Å². The summed E-state index contributed by atoms with van der Waals surface area (Å²) < 4.78 is 32.7. The number of ether oxygens (including phenoxy) is 1. The van der Waals surface area contributed by atoms with Crippen LogP contribution in [0.1, 0.15) is 29.4 Å². The highest BCUT2D eigenvalue weighted by atomic mass is 79.9. The number of hydrogen-bond acceptors (Lipinski definition) is 3. The second kappa shape index (κ2) is 6.13. The first-order chi connectivity index (χ1) is 9.52. The second-order valence-electron chi connectivity index (χ2n) is 3.88. The highest BCUT2D eigenvalue weighted by Crippen LogP contribution is 2.25. The van der Waals surface area contributed by atoms with Gasteiger partial charge in [-0.3, -0.25) is 0 Å². The lowest BCUT2D eigenvalue weighted by Crippen LogP contribution is -2.09. The number of benzene rings is 1. The Morgan fingerprint density at radius 1 is 1.50 bits per heavy atom. The van der Waals surface area contributed by atoms with Crippen molar-refractivity contribution in [3.63, 3.8) is 0 Å². The minimum Gasteiger partial charge on any atom is -0.461 e. The van der Waals surface area contributed by atoms with Crippen LogP contribution in [0.5, 0.6) is 0 Å². The fourth-order valence-electron chi connectivity index (χ4n) is 1.66. The molecule has 0 unspecified atom stereocenters. The molecular formula is C13H11BrF2N2O2. The Bertz CT molecular complexity index is 629. The standard InChI is InChI=1S/C13H11BrF2N2O2/c1-2-20-13(19)11-10(12(15)16)7-18(17-11)9-5-3-4-8(14)6-9/h3-7,12H,2H2,1H3. The average molecular weight is 345 g/mol. The first-order valence-corrected chi connectivity index (χ1v) is 6.63. The van der Waals surface area contributed by atoms with Gasteiger partial charge in [0.1, 0.15) is 0 Å². The van der Waals surface area contributed by atoms with Crippen LogP contribution in [0, 0.1) is 0 Å². The van der Waals surface area contributed by atoms with E-state index in [2.05, 4.69) is 21.0 Å². The van der Waals surface area contributed by atoms with E-state index in [1.54, 1.807) is 31.2 Å². The number of carbonyl (C=O) groups excluding carboxylic acids is 1. The van der Waals surface area contributed by atoms with Crippen LogP contribution >= 0.6 is 15.9 Å². The van der Waals surface area contributed by atoms with Gasteiger partial charge >= 0.3 is 5.97 Å². The molecule has 0 fully saturated rings. The van der Waals surface area contributed by atoms with E-state index in [0.29, 0.717) is 5.69 Å². The Balaban J connectivity index is 2.46. The van der Waals surface area contributed by atoms with Gasteiger partial charge in [0, 0.05) is 10.7 Å². The average Bonchev–Trinajstić information content (AvgIpc) is 2.84. The molecule has 0 aliphatic rings. The van der Waals surface area contributed by atoms with E-state index < -0.39 is 18.0 Å². The van der Waals surface area contributed by atoms with E-state index in [1.165, 1.54) is 4.68 Å². The molecule has 4 nitrogen and oxygen atoms in total. The van der Waals surface area contributed by atoms with Crippen molar-refractivity contribution in [2.75, 3.05) is 6.61 Å². The summed E-state index contributed by atoms with van der Waals surface area (Å²) in [7, 11) is 0. The molecule has 1 aromatic carbocycles. The molecule has 2 rings (SSSR count). The zero-order chi connectivity index (χ0) is 14.7. The Morgan fingerprint density at radius 2 is 2.25 bits per heavy atom. The van der Waals surface area contributed by atoms with Crippen molar-refractivity contribution in [2.24, 2.45) is 0 Å². The molecule has 0 amide bonds. The highest BCUT2D eigenvalue weighted by Gasteiger charge is 2.24. The van der Waals surface area contributed by atoms with Crippen molar-refractivity contribution < 1.29 is 18.3 Å². The van der Waals surface area contributed by atoms with Crippen LogP contribution in [0.3, 0.4) is 0 Å². The summed E-state index contributed by atoms with van der Waals surface area (Å²) in [6.45, 7) is 1.70. The molecule has 2 aromatic rings. The Morgan fingerprint density at radius 3 is 2.85 bits per heavy atom. The molecule has 0 spiro atoms. The molecule has 1 heterocycles. The molecule has 0 N–H and O–H groups in total. The number of esters is 1. The molecule has 0 aliphatic carbocycles. The molecule has 0 bridgehead atoms. The monoisotopic (exact) mass is 344 g/mol. The van der Waals surface area contributed by atoms with Crippen molar-refractivity contribution >= 4 is 21.9 Å². The summed E-state index contributed by atoms with van der Waals surface area (Å²) in [6, 6.07) is 6.94. The van der Waals surface area contributed by atoms with E-state index in [0.717, 1.165) is 10.7 Å². The van der Waals surface area contributed by atoms with Gasteiger partial charge in [0.05, 0.1) is 17.9 Å². The summed E-state index contributed by atoms with van der Waals surface area (Å²) in [5, 5.41) is 3.90. The fourth-order valence-corrected chi connectivity index (χ4v) is 2.04. The molecule has 20 heavy (non-hydrogen) atoms. The Kier molecular flexibility index (Phi) is 4.49. The Hall–Kier alpha value is -1.76. The quantitative estimate of drug-likeness (QED) is 0.793. The van der Waals surface area contributed by atoms with E-state index in [1.807, 2.05) is 0 Å². The lowest BCUT2D eigenvalue weighted by atomic mass is 10.2. The third-order valence-electron chi connectivity index (χ3n) is 2.52. The third-order valence-corrected chi connectivity index (χ3v) is 3.01. The van der Waals surface area contributed by atoms with Gasteiger partial charge in [-0.25, -0.2) is 18.3 Å². The number of nitrogens with zero attached hydrogens (tertiary/aromatic N) is 2. The van der Waals surface area contributed by atoms with Crippen molar-refractivity contribution in [2.45, 2.75) is 13.3 Å². The predicted octanol–water partition coefficient (Wildman–Crippen LogP) is 3.75. The van der Waals surface area contributed by atoms with Gasteiger partial charge in [0.15, 0.2) is 5.69 Å². The number of hydrogen-bond donors (Lipinski definition) is 0. The van der Waals surface area contributed by atoms with Gasteiger partial charge in [-0.2, -0.15) is 5.10 Å². The van der Waals surface area contributed by atoms with Gasteiger partial charge in [0.2, 0.25) is 0 Å². The summed E-state index contributed by atoms with van der Waals surface area (Å²) >= 11 is 3.29. The normalized spacial score (nSPS) is 10.8. The minimum atomic E-state index is -2.80. The van der Waals surface area contributed by atoms with E-state index in [-0.39, 0.29) is 12.3 Å². The summed E-state index contributed by atoms with van der Waals surface area (Å²) in [6.07, 6.45) is -1.66. The first-order valence-electron chi connectivity index (χ1n) is 5.83. The number of aromatic nitrogens is 2. The van der Waals surface area contributed by atoms with E-state index >= 15 is 0 Å². The molecule has 0 radical (unpaired) electrons. The zero-order valence-corrected chi connectivity index (χ0v) is 12.1. The van der Waals surface area contributed by atoms with Gasteiger partial charge in [-0.05, 0) is 25.1 Å². The molecule has 7 heteroatoms. The minimum absolute atomic E-state index is 0.102. The van der Waals surface area contributed by atoms with Crippen LogP contribution in [0.25, 0.3) is 5.69 Å². The van der Waals surface area contributed by atoms with Crippen molar-refractivity contribution in [3.8, 4) is 5.69 Å². The van der Waals surface area contributed by atoms with Crippen molar-refractivity contribution in [1.82, 2.24) is 9.78 Å². The second-order valence-corrected chi connectivity index (χ2v) is 4.79. The smallest absolute Gasteiger partial charge is 0.359 e. The largest absolute Gasteiger partial charge is 0.461 e. The number of halogens is 3. The van der Waals surface area contributed by atoms with E-state index in [9.17, 15) is 13.6 Å².